The van der Waals surface area contributed by atoms with Crippen LogP contribution in [-0.2, 0) is 4.79 Å². The molecule has 0 atom stereocenters. The van der Waals surface area contributed by atoms with Gasteiger partial charge in [-0.05, 0) is 38.1 Å². The molecular weight excluding hydrogens is 340 g/mol. The van der Waals surface area contributed by atoms with E-state index in [9.17, 15) is 4.79 Å². The minimum absolute atomic E-state index is 0.162. The van der Waals surface area contributed by atoms with Gasteiger partial charge in [-0.2, -0.15) is 0 Å². The van der Waals surface area contributed by atoms with Gasteiger partial charge in [0.05, 0.1) is 18.1 Å². The van der Waals surface area contributed by atoms with Gasteiger partial charge in [0.25, 0.3) is 0 Å². The Morgan fingerprint density at radius 3 is 2.26 bits per heavy atom. The van der Waals surface area contributed by atoms with E-state index in [4.69, 9.17) is 0 Å². The highest BCUT2D eigenvalue weighted by molar-refractivity contribution is 5.79. The number of nitrogens with zero attached hydrogens (tertiary/aromatic N) is 5. The number of anilines is 2. The molecule has 1 aromatic heterocycles. The molecule has 1 amide bonds. The summed E-state index contributed by atoms with van der Waals surface area (Å²) in [5.74, 6) is 1.99. The molecule has 148 valence electrons. The van der Waals surface area contributed by atoms with E-state index in [-0.39, 0.29) is 11.8 Å². The predicted octanol–water partition coefficient (Wildman–Crippen LogP) is 1.36. The molecule has 0 unspecified atom stereocenters. The van der Waals surface area contributed by atoms with Crippen LogP contribution in [0.25, 0.3) is 0 Å². The monoisotopic (exact) mass is 372 g/mol. The topological polar surface area (TPSA) is 64.6 Å². The predicted molar refractivity (Wildman–Crippen MR) is 107 cm³/mol. The first kappa shape index (κ1) is 18.5. The van der Waals surface area contributed by atoms with Crippen molar-refractivity contribution < 1.29 is 4.79 Å². The maximum atomic E-state index is 12.3. The largest absolute Gasteiger partial charge is 0.369 e. The van der Waals surface area contributed by atoms with Gasteiger partial charge in [0, 0.05) is 51.7 Å². The van der Waals surface area contributed by atoms with E-state index in [1.807, 2.05) is 12.4 Å². The molecule has 1 saturated carbocycles. The highest BCUT2D eigenvalue weighted by Crippen LogP contribution is 2.28. The van der Waals surface area contributed by atoms with Crippen molar-refractivity contribution in [3.05, 3.63) is 12.4 Å². The third-order valence-corrected chi connectivity index (χ3v) is 6.22. The van der Waals surface area contributed by atoms with Crippen LogP contribution in [-0.4, -0.2) is 73.1 Å². The molecule has 1 aliphatic carbocycles. The fourth-order valence-corrected chi connectivity index (χ4v) is 4.02. The lowest BCUT2D eigenvalue weighted by Crippen LogP contribution is -2.46. The maximum absolute atomic E-state index is 12.3. The Bertz CT molecular complexity index is 616. The molecule has 0 bridgehead atoms. The van der Waals surface area contributed by atoms with E-state index in [0.717, 1.165) is 82.8 Å². The van der Waals surface area contributed by atoms with Crippen molar-refractivity contribution in [1.82, 2.24) is 20.2 Å². The first-order valence-corrected chi connectivity index (χ1v) is 10.5. The molecule has 1 aromatic rings. The molecule has 3 fully saturated rings. The third-order valence-electron chi connectivity index (χ3n) is 6.22. The zero-order chi connectivity index (χ0) is 18.6. The lowest BCUT2D eigenvalue weighted by Gasteiger charge is -2.35. The fourth-order valence-electron chi connectivity index (χ4n) is 4.02. The molecule has 7 nitrogen and oxygen atoms in total. The quantitative estimate of drug-likeness (QED) is 0.814. The molecule has 2 saturated heterocycles. The second-order valence-electron chi connectivity index (χ2n) is 8.11. The second kappa shape index (κ2) is 8.42. The Balaban J connectivity index is 1.25. The van der Waals surface area contributed by atoms with E-state index in [0.29, 0.717) is 0 Å². The maximum Gasteiger partial charge on any atom is 0.225 e. The van der Waals surface area contributed by atoms with Gasteiger partial charge < -0.3 is 20.0 Å². The van der Waals surface area contributed by atoms with Crippen LogP contribution in [0.1, 0.15) is 32.6 Å². The summed E-state index contributed by atoms with van der Waals surface area (Å²) in [4.78, 5) is 28.5. The zero-order valence-electron chi connectivity index (χ0n) is 16.4. The SMILES string of the molecule is CCN1CCN(c2ncc(N3CCC(C(=O)NCC4CC4)CC3)cn2)CC1. The van der Waals surface area contributed by atoms with E-state index >= 15 is 0 Å². The van der Waals surface area contributed by atoms with Crippen molar-refractivity contribution >= 4 is 17.5 Å². The Labute approximate surface area is 162 Å². The Morgan fingerprint density at radius 1 is 1.00 bits per heavy atom. The summed E-state index contributed by atoms with van der Waals surface area (Å²) >= 11 is 0. The number of hydrogen-bond acceptors (Lipinski definition) is 6. The minimum atomic E-state index is 0.162. The number of carbonyl (C=O) groups is 1. The number of nitrogens with one attached hydrogen (secondary N) is 1. The molecule has 7 heteroatoms. The summed E-state index contributed by atoms with van der Waals surface area (Å²) in [6.07, 6.45) is 8.28. The van der Waals surface area contributed by atoms with E-state index in [1.54, 1.807) is 0 Å². The van der Waals surface area contributed by atoms with Gasteiger partial charge >= 0.3 is 0 Å². The summed E-state index contributed by atoms with van der Waals surface area (Å²) in [6.45, 7) is 10.2. The number of amides is 1. The van der Waals surface area contributed by atoms with Crippen LogP contribution in [0.2, 0.25) is 0 Å². The van der Waals surface area contributed by atoms with Crippen LogP contribution < -0.4 is 15.1 Å². The van der Waals surface area contributed by atoms with E-state index in [1.165, 1.54) is 12.8 Å². The van der Waals surface area contributed by atoms with Crippen molar-refractivity contribution in [3.63, 3.8) is 0 Å². The molecular formula is C20H32N6O. The van der Waals surface area contributed by atoms with Crippen LogP contribution in [0.4, 0.5) is 11.6 Å². The zero-order valence-corrected chi connectivity index (χ0v) is 16.4. The van der Waals surface area contributed by atoms with E-state index < -0.39 is 0 Å². The Kier molecular flexibility index (Phi) is 5.76. The smallest absolute Gasteiger partial charge is 0.225 e. The first-order valence-electron chi connectivity index (χ1n) is 10.5. The van der Waals surface area contributed by atoms with Crippen LogP contribution in [0, 0.1) is 11.8 Å². The van der Waals surface area contributed by atoms with Crippen LogP contribution in [0.3, 0.4) is 0 Å². The molecule has 0 radical (unpaired) electrons. The van der Waals surface area contributed by atoms with Gasteiger partial charge in [-0.15, -0.1) is 0 Å². The number of aromatic nitrogens is 2. The molecule has 27 heavy (non-hydrogen) atoms. The number of piperidine rings is 1. The number of carbonyl (C=O) groups excluding carboxylic acids is 1. The highest BCUT2D eigenvalue weighted by atomic mass is 16.1. The minimum Gasteiger partial charge on any atom is -0.369 e. The Hall–Kier alpha value is -1.89. The normalized spacial score (nSPS) is 22.1. The molecule has 2 aliphatic heterocycles. The van der Waals surface area contributed by atoms with Crippen molar-refractivity contribution in [2.75, 3.05) is 62.2 Å². The summed E-state index contributed by atoms with van der Waals surface area (Å²) in [5, 5.41) is 3.13. The standard InChI is InChI=1S/C20H32N6O/c1-2-24-9-11-26(12-10-24)20-22-14-18(15-23-20)25-7-5-17(6-8-25)19(27)21-13-16-3-4-16/h14-17H,2-13H2,1H3,(H,21,27). The molecule has 3 heterocycles. The second-order valence-corrected chi connectivity index (χ2v) is 8.11. The number of hydrogen-bond donors (Lipinski definition) is 1. The number of rotatable bonds is 6. The Morgan fingerprint density at radius 2 is 1.67 bits per heavy atom. The van der Waals surface area contributed by atoms with E-state index in [2.05, 4.69) is 36.9 Å². The fraction of sp³-hybridized carbons (Fsp3) is 0.750. The van der Waals surface area contributed by atoms with Crippen LogP contribution in [0.5, 0.6) is 0 Å². The average molecular weight is 373 g/mol. The van der Waals surface area contributed by atoms with Gasteiger partial charge in [-0.1, -0.05) is 6.92 Å². The van der Waals surface area contributed by atoms with Crippen molar-refractivity contribution in [2.24, 2.45) is 11.8 Å². The molecule has 0 aromatic carbocycles. The van der Waals surface area contributed by atoms with Crippen molar-refractivity contribution in [2.45, 2.75) is 32.6 Å². The van der Waals surface area contributed by atoms with Gasteiger partial charge in [0.2, 0.25) is 11.9 Å². The van der Waals surface area contributed by atoms with Crippen molar-refractivity contribution in [1.29, 1.82) is 0 Å². The molecule has 3 aliphatic rings. The number of likely N-dealkylation sites (N-methyl/N-ethyl adjacent to an activating group) is 1. The van der Waals surface area contributed by atoms with Gasteiger partial charge in [0.15, 0.2) is 0 Å². The van der Waals surface area contributed by atoms with Crippen molar-refractivity contribution in [3.8, 4) is 0 Å². The van der Waals surface area contributed by atoms with Gasteiger partial charge in [0.1, 0.15) is 0 Å². The molecule has 4 rings (SSSR count). The van der Waals surface area contributed by atoms with Crippen LogP contribution >= 0.6 is 0 Å². The number of piperazine rings is 1. The lowest BCUT2D eigenvalue weighted by molar-refractivity contribution is -0.125. The van der Waals surface area contributed by atoms with Gasteiger partial charge in [-0.3, -0.25) is 4.79 Å². The molecule has 0 spiro atoms. The summed E-state index contributed by atoms with van der Waals surface area (Å²) < 4.78 is 0. The summed E-state index contributed by atoms with van der Waals surface area (Å²) in [6, 6.07) is 0. The first-order chi connectivity index (χ1) is 13.2. The highest BCUT2D eigenvalue weighted by Gasteiger charge is 2.28. The van der Waals surface area contributed by atoms with Gasteiger partial charge in [-0.25, -0.2) is 9.97 Å². The third kappa shape index (κ3) is 4.69. The summed E-state index contributed by atoms with van der Waals surface area (Å²) in [7, 11) is 0. The lowest BCUT2D eigenvalue weighted by atomic mass is 9.95. The van der Waals surface area contributed by atoms with Crippen LogP contribution in [0.15, 0.2) is 12.4 Å². The average Bonchev–Trinajstić information content (AvgIpc) is 3.57. The summed E-state index contributed by atoms with van der Waals surface area (Å²) in [5.41, 5.74) is 1.07. The molecule has 1 N–H and O–H groups in total.